The van der Waals surface area contributed by atoms with Crippen molar-refractivity contribution in [2.75, 3.05) is 12.8 Å². The molecule has 1 aliphatic carbocycles. The number of amidine groups is 1. The van der Waals surface area contributed by atoms with E-state index >= 15 is 0 Å². The van der Waals surface area contributed by atoms with Crippen LogP contribution in [0.15, 0.2) is 22.2 Å². The van der Waals surface area contributed by atoms with Crippen molar-refractivity contribution in [1.29, 1.82) is 0 Å². The number of carbonyl (C=O) groups is 1. The van der Waals surface area contributed by atoms with Crippen molar-refractivity contribution in [3.8, 4) is 0 Å². The first kappa shape index (κ1) is 21.9. The lowest BCUT2D eigenvalue weighted by Crippen LogP contribution is -2.64. The number of ketones is 1. The lowest BCUT2D eigenvalue weighted by atomic mass is 9.68. The van der Waals surface area contributed by atoms with Gasteiger partial charge in [-0.1, -0.05) is 11.0 Å². The molecule has 0 amide bonds. The molecular formula is C21H29F2N3O2S. The average Bonchev–Trinajstić information content (AvgIpc) is 2.92. The Morgan fingerprint density at radius 1 is 1.45 bits per heavy atom. The molecule has 1 saturated carbocycles. The first-order valence-electron chi connectivity index (χ1n) is 9.65. The van der Waals surface area contributed by atoms with Crippen LogP contribution in [-0.2, 0) is 9.63 Å². The minimum Gasteiger partial charge on any atom is -0.351 e. The van der Waals surface area contributed by atoms with Gasteiger partial charge in [0.1, 0.15) is 17.3 Å². The molecule has 1 fully saturated rings. The topological polar surface area (TPSA) is 53.9 Å². The summed E-state index contributed by atoms with van der Waals surface area (Å²) in [7, 11) is 1.31. The molecule has 29 heavy (non-hydrogen) atoms. The molecule has 0 bridgehead atoms. The van der Waals surface area contributed by atoms with Crippen LogP contribution in [0, 0.1) is 12.7 Å². The molecule has 2 aliphatic rings. The van der Waals surface area contributed by atoms with Gasteiger partial charge in [0.05, 0.1) is 5.56 Å². The van der Waals surface area contributed by atoms with E-state index in [0.717, 1.165) is 10.5 Å². The number of carbonyl (C=O) groups excluding carboxylic acids is 1. The third-order valence-corrected chi connectivity index (χ3v) is 7.19. The van der Waals surface area contributed by atoms with E-state index < -0.39 is 28.3 Å². The van der Waals surface area contributed by atoms with Gasteiger partial charge in [-0.05, 0) is 64.0 Å². The van der Waals surface area contributed by atoms with Gasteiger partial charge >= 0.3 is 0 Å². The number of hydrogen-bond acceptors (Lipinski definition) is 5. The Bertz CT molecular complexity index is 877. The summed E-state index contributed by atoms with van der Waals surface area (Å²) in [5, 5.41) is 7.35. The standard InChI is InChI=1S/C21H29F2N3O2S/c1-13-9-15(16(22)10-17(13)29(6)8-7-14(2)27)18-25-28-19(26(18)5)24-21(4)11-20(3,23)12-21/h9-10,19,24H,6-8,11-12H2,1-5H3. The Hall–Kier alpha value is -1.80. The van der Waals surface area contributed by atoms with Gasteiger partial charge in [-0.15, -0.1) is 0 Å². The van der Waals surface area contributed by atoms with Gasteiger partial charge in [-0.2, -0.15) is 10.5 Å². The summed E-state index contributed by atoms with van der Waals surface area (Å²) >= 11 is 0. The van der Waals surface area contributed by atoms with E-state index in [1.54, 1.807) is 31.9 Å². The van der Waals surface area contributed by atoms with Crippen molar-refractivity contribution in [2.24, 2.45) is 5.16 Å². The Kier molecular flexibility index (Phi) is 5.89. The zero-order valence-corrected chi connectivity index (χ0v) is 18.5. The number of nitrogens with zero attached hydrogens (tertiary/aromatic N) is 2. The molecule has 2 atom stereocenters. The summed E-state index contributed by atoms with van der Waals surface area (Å²) < 4.78 is 28.9. The molecule has 0 saturated heterocycles. The number of hydrogen-bond donors (Lipinski definition) is 1. The maximum absolute atomic E-state index is 14.9. The average molecular weight is 426 g/mol. The summed E-state index contributed by atoms with van der Waals surface area (Å²) in [6, 6.07) is 3.23. The quantitative estimate of drug-likeness (QED) is 0.672. The Balaban J connectivity index is 1.73. The van der Waals surface area contributed by atoms with E-state index in [9.17, 15) is 13.6 Å². The van der Waals surface area contributed by atoms with Crippen LogP contribution in [0.3, 0.4) is 0 Å². The second-order valence-electron chi connectivity index (χ2n) is 8.70. The van der Waals surface area contributed by atoms with Crippen LogP contribution in [0.2, 0.25) is 0 Å². The van der Waals surface area contributed by atoms with Gasteiger partial charge in [-0.25, -0.2) is 8.78 Å². The minimum absolute atomic E-state index is 0.103. The Morgan fingerprint density at radius 2 is 2.10 bits per heavy atom. The smallest absolute Gasteiger partial charge is 0.257 e. The Morgan fingerprint density at radius 3 is 2.69 bits per heavy atom. The van der Waals surface area contributed by atoms with Gasteiger partial charge in [0, 0.05) is 23.9 Å². The second kappa shape index (κ2) is 7.80. The van der Waals surface area contributed by atoms with E-state index in [4.69, 9.17) is 4.84 Å². The molecule has 1 heterocycles. The summed E-state index contributed by atoms with van der Waals surface area (Å²) in [6.45, 7) is 6.98. The second-order valence-corrected chi connectivity index (χ2v) is 10.5. The molecule has 0 spiro atoms. The zero-order chi connectivity index (χ0) is 21.6. The fourth-order valence-corrected chi connectivity index (χ4v) is 5.74. The molecule has 1 N–H and O–H groups in total. The molecule has 5 nitrogen and oxygen atoms in total. The van der Waals surface area contributed by atoms with Gasteiger partial charge in [0.15, 0.2) is 5.84 Å². The van der Waals surface area contributed by atoms with Gasteiger partial charge in [0.2, 0.25) is 0 Å². The van der Waals surface area contributed by atoms with Crippen LogP contribution in [0.5, 0.6) is 0 Å². The number of benzene rings is 1. The number of oxime groups is 1. The fourth-order valence-electron chi connectivity index (χ4n) is 4.21. The highest BCUT2D eigenvalue weighted by Gasteiger charge is 2.51. The molecular weight excluding hydrogens is 396 g/mol. The van der Waals surface area contributed by atoms with Crippen LogP contribution in [0.1, 0.15) is 51.2 Å². The largest absolute Gasteiger partial charge is 0.351 e. The van der Waals surface area contributed by atoms with Crippen molar-refractivity contribution in [3.05, 3.63) is 29.1 Å². The maximum atomic E-state index is 14.9. The van der Waals surface area contributed by atoms with E-state index in [2.05, 4.69) is 16.3 Å². The maximum Gasteiger partial charge on any atom is 0.257 e. The SMILES string of the molecule is C=S(CCC(C)=O)c1cc(F)c(C2=NOC(NC3(C)CC(C)(F)C3)N2C)cc1C. The van der Waals surface area contributed by atoms with Crippen LogP contribution in [0.25, 0.3) is 0 Å². The van der Waals surface area contributed by atoms with Gasteiger partial charge in [-0.3, -0.25) is 10.1 Å². The van der Waals surface area contributed by atoms with Crippen molar-refractivity contribution in [3.63, 3.8) is 0 Å². The van der Waals surface area contributed by atoms with Crippen LogP contribution in [0.4, 0.5) is 8.78 Å². The van der Waals surface area contributed by atoms with Crippen LogP contribution < -0.4 is 5.32 Å². The van der Waals surface area contributed by atoms with Crippen molar-refractivity contribution in [2.45, 2.75) is 69.4 Å². The summed E-state index contributed by atoms with van der Waals surface area (Å²) in [4.78, 5) is 19.2. The first-order valence-corrected chi connectivity index (χ1v) is 11.2. The normalized spacial score (nSPS) is 29.8. The van der Waals surface area contributed by atoms with Crippen molar-refractivity contribution >= 4 is 28.0 Å². The molecule has 1 aromatic carbocycles. The van der Waals surface area contributed by atoms with Gasteiger partial charge < -0.3 is 9.74 Å². The molecule has 160 valence electrons. The predicted molar refractivity (Wildman–Crippen MR) is 114 cm³/mol. The first-order chi connectivity index (χ1) is 13.4. The molecule has 1 aromatic rings. The highest BCUT2D eigenvalue weighted by atomic mass is 32.2. The molecule has 2 unspecified atom stereocenters. The predicted octanol–water partition coefficient (Wildman–Crippen LogP) is 3.95. The molecule has 0 aromatic heterocycles. The number of rotatable bonds is 7. The summed E-state index contributed by atoms with van der Waals surface area (Å²) in [5.74, 6) is 4.79. The molecule has 1 aliphatic heterocycles. The lowest BCUT2D eigenvalue weighted by molar-refractivity contribution is -0.116. The number of Topliss-reactive ketones (excluding diaryl/α,β-unsaturated/α-hetero) is 1. The monoisotopic (exact) mass is 425 g/mol. The minimum atomic E-state index is -1.17. The number of halogens is 2. The fraction of sp³-hybridized carbons (Fsp3) is 0.571. The highest BCUT2D eigenvalue weighted by molar-refractivity contribution is 8.14. The summed E-state index contributed by atoms with van der Waals surface area (Å²) in [6.07, 6.45) is 0.626. The molecule has 3 rings (SSSR count). The summed E-state index contributed by atoms with van der Waals surface area (Å²) in [5.41, 5.74) is -0.314. The zero-order valence-electron chi connectivity index (χ0n) is 17.6. The van der Waals surface area contributed by atoms with Crippen molar-refractivity contribution in [1.82, 2.24) is 10.2 Å². The number of alkyl halides is 1. The third kappa shape index (κ3) is 4.69. The molecule has 8 heteroatoms. The Labute approximate surface area is 173 Å². The van der Waals surface area contributed by atoms with E-state index in [0.29, 0.717) is 36.4 Å². The van der Waals surface area contributed by atoms with Gasteiger partial charge in [0.25, 0.3) is 6.35 Å². The number of aryl methyl sites for hydroxylation is 1. The highest BCUT2D eigenvalue weighted by Crippen LogP contribution is 2.44. The number of nitrogens with one attached hydrogen (secondary N) is 1. The third-order valence-electron chi connectivity index (χ3n) is 5.43. The van der Waals surface area contributed by atoms with Crippen molar-refractivity contribution < 1.29 is 18.4 Å². The van der Waals surface area contributed by atoms with Crippen LogP contribution in [-0.4, -0.2) is 52.7 Å². The van der Waals surface area contributed by atoms with Crippen LogP contribution >= 0.6 is 10.5 Å². The lowest BCUT2D eigenvalue weighted by Gasteiger charge is -2.49. The molecule has 0 radical (unpaired) electrons. The van der Waals surface area contributed by atoms with E-state index in [-0.39, 0.29) is 11.3 Å². The van der Waals surface area contributed by atoms with E-state index in [1.165, 1.54) is 6.07 Å². The van der Waals surface area contributed by atoms with E-state index in [1.807, 2.05) is 13.8 Å².